The van der Waals surface area contributed by atoms with Crippen molar-refractivity contribution < 1.29 is 0 Å². The van der Waals surface area contributed by atoms with Gasteiger partial charge in [0, 0.05) is 13.1 Å². The van der Waals surface area contributed by atoms with E-state index in [1.54, 1.807) is 29.7 Å². The fourth-order valence-corrected chi connectivity index (χ4v) is 3.43. The zero-order valence-electron chi connectivity index (χ0n) is 12.1. The van der Waals surface area contributed by atoms with Crippen LogP contribution >= 0.6 is 11.8 Å². The molecule has 6 nitrogen and oxygen atoms in total. The normalized spacial score (nSPS) is 14.6. The molecule has 112 valence electrons. The number of hydrogen-bond donors (Lipinski definition) is 0. The summed E-state index contributed by atoms with van der Waals surface area (Å²) in [7, 11) is 1.77. The second-order valence-electron chi connectivity index (χ2n) is 5.45. The van der Waals surface area contributed by atoms with E-state index in [9.17, 15) is 4.79 Å². The lowest BCUT2D eigenvalue weighted by Gasteiger charge is -2.09. The van der Waals surface area contributed by atoms with Gasteiger partial charge in [0.05, 0.1) is 16.7 Å². The Labute approximate surface area is 131 Å². The monoisotopic (exact) mass is 313 g/mol. The summed E-state index contributed by atoms with van der Waals surface area (Å²) in [5.41, 5.74) is 0.731. The zero-order valence-corrected chi connectivity index (χ0v) is 13.0. The van der Waals surface area contributed by atoms with Crippen LogP contribution < -0.4 is 5.56 Å². The van der Waals surface area contributed by atoms with E-state index in [2.05, 4.69) is 19.7 Å². The largest absolute Gasteiger partial charge is 0.306 e. The number of fused-ring (bicyclic) bond motifs is 1. The molecule has 1 saturated carbocycles. The number of para-hydroxylation sites is 1. The predicted octanol–water partition coefficient (Wildman–Crippen LogP) is 2.15. The minimum atomic E-state index is -0.00939. The summed E-state index contributed by atoms with van der Waals surface area (Å²) in [6, 6.07) is 7.99. The number of thioether (sulfide) groups is 1. The summed E-state index contributed by atoms with van der Waals surface area (Å²) < 4.78 is 3.73. The van der Waals surface area contributed by atoms with Crippen LogP contribution in [-0.4, -0.2) is 24.3 Å². The van der Waals surface area contributed by atoms with Crippen molar-refractivity contribution in [1.29, 1.82) is 0 Å². The Morgan fingerprint density at radius 2 is 2.14 bits per heavy atom. The van der Waals surface area contributed by atoms with Crippen LogP contribution in [0.2, 0.25) is 0 Å². The topological polar surface area (TPSA) is 65.6 Å². The first-order chi connectivity index (χ1) is 10.7. The Hall–Kier alpha value is -2.15. The van der Waals surface area contributed by atoms with Crippen LogP contribution in [0.15, 0.2) is 40.5 Å². The average molecular weight is 313 g/mol. The minimum absolute atomic E-state index is 0.00939. The highest BCUT2D eigenvalue weighted by Crippen LogP contribution is 2.37. The van der Waals surface area contributed by atoms with Gasteiger partial charge in [-0.3, -0.25) is 9.36 Å². The van der Waals surface area contributed by atoms with Crippen molar-refractivity contribution >= 4 is 22.7 Å². The number of hydrogen-bond acceptors (Lipinski definition) is 5. The van der Waals surface area contributed by atoms with Crippen molar-refractivity contribution in [3.05, 3.63) is 46.8 Å². The Kier molecular flexibility index (Phi) is 3.22. The lowest BCUT2D eigenvalue weighted by atomic mass is 10.2. The van der Waals surface area contributed by atoms with Crippen molar-refractivity contribution in [1.82, 2.24) is 24.3 Å². The summed E-state index contributed by atoms with van der Waals surface area (Å²) in [5, 5.41) is 9.70. The number of aromatic nitrogens is 5. The first-order valence-electron chi connectivity index (χ1n) is 7.21. The molecule has 4 rings (SSSR count). The minimum Gasteiger partial charge on any atom is -0.306 e. The quantitative estimate of drug-likeness (QED) is 0.691. The van der Waals surface area contributed by atoms with Crippen LogP contribution in [0, 0.1) is 0 Å². The number of nitrogens with zero attached hydrogens (tertiary/aromatic N) is 5. The van der Waals surface area contributed by atoms with Crippen LogP contribution in [0.4, 0.5) is 0 Å². The van der Waals surface area contributed by atoms with Gasteiger partial charge in [0.25, 0.3) is 5.56 Å². The van der Waals surface area contributed by atoms with Crippen molar-refractivity contribution in [2.24, 2.45) is 7.05 Å². The lowest BCUT2D eigenvalue weighted by Crippen LogP contribution is -2.21. The van der Waals surface area contributed by atoms with Crippen molar-refractivity contribution in [2.45, 2.75) is 29.8 Å². The highest BCUT2D eigenvalue weighted by atomic mass is 32.2. The zero-order chi connectivity index (χ0) is 15.1. The van der Waals surface area contributed by atoms with Gasteiger partial charge in [0.1, 0.15) is 12.2 Å². The average Bonchev–Trinajstić information content (AvgIpc) is 3.28. The smallest absolute Gasteiger partial charge is 0.261 e. The maximum Gasteiger partial charge on any atom is 0.261 e. The van der Waals surface area contributed by atoms with Gasteiger partial charge in [-0.1, -0.05) is 23.9 Å². The van der Waals surface area contributed by atoms with Gasteiger partial charge in [0.2, 0.25) is 0 Å². The molecule has 1 aliphatic carbocycles. The van der Waals surface area contributed by atoms with Crippen molar-refractivity contribution in [3.63, 3.8) is 0 Å². The van der Waals surface area contributed by atoms with Crippen molar-refractivity contribution in [3.8, 4) is 0 Å². The standard InChI is InChI=1S/C15H15N5OS/c1-19-13(17-12-5-3-2-4-11(12)14(19)21)8-22-15-18-16-9-20(15)10-6-7-10/h2-5,9-10H,6-8H2,1H3. The van der Waals surface area contributed by atoms with E-state index in [1.165, 1.54) is 12.8 Å². The van der Waals surface area contributed by atoms with E-state index in [-0.39, 0.29) is 5.56 Å². The van der Waals surface area contributed by atoms with Gasteiger partial charge in [-0.25, -0.2) is 4.98 Å². The van der Waals surface area contributed by atoms with Gasteiger partial charge >= 0.3 is 0 Å². The maximum atomic E-state index is 12.4. The summed E-state index contributed by atoms with van der Waals surface area (Å²) in [6.07, 6.45) is 4.17. The highest BCUT2D eigenvalue weighted by molar-refractivity contribution is 7.98. The Morgan fingerprint density at radius 1 is 1.32 bits per heavy atom. The third kappa shape index (κ3) is 2.31. The molecule has 0 radical (unpaired) electrons. The third-order valence-corrected chi connectivity index (χ3v) is 4.84. The van der Waals surface area contributed by atoms with Gasteiger partial charge < -0.3 is 4.57 Å². The van der Waals surface area contributed by atoms with E-state index < -0.39 is 0 Å². The lowest BCUT2D eigenvalue weighted by molar-refractivity contribution is 0.662. The second kappa shape index (κ2) is 5.24. The highest BCUT2D eigenvalue weighted by Gasteiger charge is 2.26. The molecule has 0 spiro atoms. The molecule has 22 heavy (non-hydrogen) atoms. The fraction of sp³-hybridized carbons (Fsp3) is 0.333. The molecule has 0 N–H and O–H groups in total. The SMILES string of the molecule is Cn1c(CSc2nncn2C2CC2)nc2ccccc2c1=O. The molecule has 0 bridgehead atoms. The molecule has 0 atom stereocenters. The third-order valence-electron chi connectivity index (χ3n) is 3.89. The molecule has 0 saturated heterocycles. The Bertz CT molecular complexity index is 896. The van der Waals surface area contributed by atoms with E-state index in [1.807, 2.05) is 24.3 Å². The van der Waals surface area contributed by atoms with Gasteiger partial charge in [-0.15, -0.1) is 10.2 Å². The van der Waals surface area contributed by atoms with E-state index in [0.717, 1.165) is 16.5 Å². The summed E-state index contributed by atoms with van der Waals surface area (Å²) >= 11 is 1.57. The molecule has 7 heteroatoms. The Morgan fingerprint density at radius 3 is 2.95 bits per heavy atom. The van der Waals surface area contributed by atoms with Crippen LogP contribution in [-0.2, 0) is 12.8 Å². The maximum absolute atomic E-state index is 12.4. The number of benzene rings is 1. The first kappa shape index (κ1) is 13.5. The van der Waals surface area contributed by atoms with Gasteiger partial charge in [-0.2, -0.15) is 0 Å². The molecule has 1 aromatic carbocycles. The molecule has 0 unspecified atom stereocenters. The molecule has 2 heterocycles. The van der Waals surface area contributed by atoms with Crippen LogP contribution in [0.1, 0.15) is 24.7 Å². The molecule has 3 aromatic rings. The molecule has 2 aromatic heterocycles. The van der Waals surface area contributed by atoms with E-state index >= 15 is 0 Å². The van der Waals surface area contributed by atoms with E-state index in [0.29, 0.717) is 17.2 Å². The van der Waals surface area contributed by atoms with Crippen LogP contribution in [0.5, 0.6) is 0 Å². The van der Waals surface area contributed by atoms with Gasteiger partial charge in [0.15, 0.2) is 5.16 Å². The predicted molar refractivity (Wildman–Crippen MR) is 84.8 cm³/mol. The molecule has 1 fully saturated rings. The first-order valence-corrected chi connectivity index (χ1v) is 8.19. The second-order valence-corrected chi connectivity index (χ2v) is 6.39. The van der Waals surface area contributed by atoms with E-state index in [4.69, 9.17) is 0 Å². The summed E-state index contributed by atoms with van der Waals surface area (Å²) in [4.78, 5) is 17.0. The summed E-state index contributed by atoms with van der Waals surface area (Å²) in [5.74, 6) is 1.35. The fourth-order valence-electron chi connectivity index (χ4n) is 2.46. The van der Waals surface area contributed by atoms with Crippen molar-refractivity contribution in [2.75, 3.05) is 0 Å². The molecule has 0 aliphatic heterocycles. The molecular weight excluding hydrogens is 298 g/mol. The van der Waals surface area contributed by atoms with Crippen LogP contribution in [0.3, 0.4) is 0 Å². The summed E-state index contributed by atoms with van der Waals surface area (Å²) in [6.45, 7) is 0. The Balaban J connectivity index is 1.65. The molecular formula is C15H15N5OS. The number of rotatable bonds is 4. The molecule has 0 amide bonds. The van der Waals surface area contributed by atoms with Gasteiger partial charge in [-0.05, 0) is 25.0 Å². The van der Waals surface area contributed by atoms with Crippen LogP contribution in [0.25, 0.3) is 10.9 Å². The molecule has 1 aliphatic rings.